The van der Waals surface area contributed by atoms with Crippen molar-refractivity contribution < 1.29 is 13.9 Å². The zero-order chi connectivity index (χ0) is 14.0. The van der Waals surface area contributed by atoms with Gasteiger partial charge in [0.1, 0.15) is 11.9 Å². The summed E-state index contributed by atoms with van der Waals surface area (Å²) in [4.78, 5) is 12.2. The van der Waals surface area contributed by atoms with Gasteiger partial charge in [-0.25, -0.2) is 9.18 Å². The van der Waals surface area contributed by atoms with E-state index in [0.717, 1.165) is 12.8 Å². The van der Waals surface area contributed by atoms with Gasteiger partial charge < -0.3 is 4.74 Å². The van der Waals surface area contributed by atoms with E-state index >= 15 is 0 Å². The van der Waals surface area contributed by atoms with Crippen molar-refractivity contribution >= 4 is 18.6 Å². The van der Waals surface area contributed by atoms with Crippen molar-refractivity contribution in [3.63, 3.8) is 0 Å². The number of ether oxygens (including phenoxy) is 1. The maximum Gasteiger partial charge on any atom is 0.338 e. The molecule has 0 bridgehead atoms. The van der Waals surface area contributed by atoms with Gasteiger partial charge >= 0.3 is 5.97 Å². The first-order valence-corrected chi connectivity index (χ1v) is 7.10. The van der Waals surface area contributed by atoms with Gasteiger partial charge in [0.25, 0.3) is 0 Å². The lowest BCUT2D eigenvalue weighted by Crippen LogP contribution is -2.28. The number of benzene rings is 1. The summed E-state index contributed by atoms with van der Waals surface area (Å²) in [7, 11) is 0. The van der Waals surface area contributed by atoms with E-state index in [9.17, 15) is 9.18 Å². The molecule has 1 aromatic carbocycles. The summed E-state index contributed by atoms with van der Waals surface area (Å²) < 4.78 is 18.6. The highest BCUT2D eigenvalue weighted by molar-refractivity contribution is 7.80. The third-order valence-corrected chi connectivity index (χ3v) is 3.93. The second-order valence-electron chi connectivity index (χ2n) is 5.61. The molecular formula is C15H19FO2S. The Morgan fingerprint density at radius 2 is 1.89 bits per heavy atom. The maximum absolute atomic E-state index is 13.1. The minimum absolute atomic E-state index is 0.0281. The van der Waals surface area contributed by atoms with Crippen LogP contribution in [0.2, 0.25) is 0 Å². The van der Waals surface area contributed by atoms with Crippen molar-refractivity contribution in [2.24, 2.45) is 11.8 Å². The lowest BCUT2D eigenvalue weighted by Gasteiger charge is -2.31. The van der Waals surface area contributed by atoms with Crippen molar-refractivity contribution in [1.29, 1.82) is 0 Å². The number of rotatable bonds is 2. The lowest BCUT2D eigenvalue weighted by molar-refractivity contribution is 0.00802. The summed E-state index contributed by atoms with van der Waals surface area (Å²) in [5, 5.41) is 0. The number of halogens is 1. The molecular weight excluding hydrogens is 263 g/mol. The van der Waals surface area contributed by atoms with E-state index < -0.39 is 5.82 Å². The number of hydrogen-bond donors (Lipinski definition) is 1. The SMILES string of the molecule is CC1CC(C)CC(OC(=O)c2ccc(F)c(S)c2)C1. The molecule has 0 amide bonds. The molecule has 2 atom stereocenters. The fraction of sp³-hybridized carbons (Fsp3) is 0.533. The van der Waals surface area contributed by atoms with E-state index in [-0.39, 0.29) is 17.0 Å². The van der Waals surface area contributed by atoms with Crippen molar-refractivity contribution in [1.82, 2.24) is 0 Å². The zero-order valence-electron chi connectivity index (χ0n) is 11.2. The Labute approximate surface area is 118 Å². The number of thiol groups is 1. The van der Waals surface area contributed by atoms with Crippen LogP contribution in [0, 0.1) is 17.7 Å². The van der Waals surface area contributed by atoms with Gasteiger partial charge in [0, 0.05) is 4.90 Å². The lowest BCUT2D eigenvalue weighted by atomic mass is 9.82. The number of carbonyl (C=O) groups excluding carboxylic acids is 1. The number of carbonyl (C=O) groups is 1. The minimum Gasteiger partial charge on any atom is -0.459 e. The Balaban J connectivity index is 2.02. The molecule has 4 heteroatoms. The first kappa shape index (κ1) is 14.4. The van der Waals surface area contributed by atoms with Crippen molar-refractivity contribution in [2.75, 3.05) is 0 Å². The van der Waals surface area contributed by atoms with E-state index in [1.165, 1.54) is 24.6 Å². The van der Waals surface area contributed by atoms with E-state index in [4.69, 9.17) is 4.74 Å². The molecule has 1 aromatic rings. The smallest absolute Gasteiger partial charge is 0.338 e. The molecule has 1 aliphatic rings. The first-order chi connectivity index (χ1) is 8.95. The molecule has 0 aliphatic heterocycles. The predicted molar refractivity (Wildman–Crippen MR) is 75.0 cm³/mol. The Bertz CT molecular complexity index is 465. The quantitative estimate of drug-likeness (QED) is 0.653. The van der Waals surface area contributed by atoms with Crippen LogP contribution in [-0.4, -0.2) is 12.1 Å². The highest BCUT2D eigenvalue weighted by Gasteiger charge is 2.27. The number of esters is 1. The fourth-order valence-electron chi connectivity index (χ4n) is 2.83. The average Bonchev–Trinajstić information content (AvgIpc) is 2.31. The Morgan fingerprint density at radius 3 is 2.47 bits per heavy atom. The summed E-state index contributed by atoms with van der Waals surface area (Å²) in [6.07, 6.45) is 2.97. The molecule has 1 saturated carbocycles. The predicted octanol–water partition coefficient (Wildman–Crippen LogP) is 4.10. The van der Waals surface area contributed by atoms with E-state index in [1.54, 1.807) is 0 Å². The molecule has 2 rings (SSSR count). The molecule has 104 valence electrons. The van der Waals surface area contributed by atoms with Gasteiger partial charge in [0.2, 0.25) is 0 Å². The van der Waals surface area contributed by atoms with E-state index in [0.29, 0.717) is 17.4 Å². The van der Waals surface area contributed by atoms with Crippen molar-refractivity contribution in [2.45, 2.75) is 44.1 Å². The largest absolute Gasteiger partial charge is 0.459 e. The Morgan fingerprint density at radius 1 is 1.26 bits per heavy atom. The van der Waals surface area contributed by atoms with Crippen LogP contribution in [0.5, 0.6) is 0 Å². The first-order valence-electron chi connectivity index (χ1n) is 6.65. The van der Waals surface area contributed by atoms with Gasteiger partial charge in [-0.15, -0.1) is 12.6 Å². The molecule has 1 aliphatic carbocycles. The van der Waals surface area contributed by atoms with Crippen LogP contribution in [0.25, 0.3) is 0 Å². The van der Waals surface area contributed by atoms with Crippen LogP contribution in [0.15, 0.2) is 23.1 Å². The third kappa shape index (κ3) is 3.72. The molecule has 1 fully saturated rings. The monoisotopic (exact) mass is 282 g/mol. The average molecular weight is 282 g/mol. The molecule has 0 saturated heterocycles. The summed E-state index contributed by atoms with van der Waals surface area (Å²) in [6.45, 7) is 4.36. The third-order valence-electron chi connectivity index (χ3n) is 3.59. The zero-order valence-corrected chi connectivity index (χ0v) is 12.1. The molecule has 2 nitrogen and oxygen atoms in total. The normalized spacial score (nSPS) is 27.1. The van der Waals surface area contributed by atoms with Crippen LogP contribution < -0.4 is 0 Å². The fourth-order valence-corrected chi connectivity index (χ4v) is 3.04. The van der Waals surface area contributed by atoms with Crippen molar-refractivity contribution in [3.05, 3.63) is 29.6 Å². The molecule has 0 N–H and O–H groups in total. The molecule has 0 radical (unpaired) electrons. The topological polar surface area (TPSA) is 26.3 Å². The number of hydrogen-bond acceptors (Lipinski definition) is 3. The van der Waals surface area contributed by atoms with Gasteiger partial charge in [-0.05, 0) is 49.3 Å². The van der Waals surface area contributed by atoms with E-state index in [2.05, 4.69) is 26.5 Å². The summed E-state index contributed by atoms with van der Waals surface area (Å²) in [5.74, 6) is 0.340. The van der Waals surface area contributed by atoms with Gasteiger partial charge in [0.05, 0.1) is 5.56 Å². The summed E-state index contributed by atoms with van der Waals surface area (Å²) in [6, 6.07) is 4.09. The molecule has 19 heavy (non-hydrogen) atoms. The standard InChI is InChI=1S/C15H19FO2S/c1-9-5-10(2)7-12(6-9)18-15(17)11-3-4-13(16)14(19)8-11/h3-4,8-10,12,19H,5-7H2,1-2H3. The van der Waals surface area contributed by atoms with Crippen LogP contribution in [-0.2, 0) is 4.74 Å². The summed E-state index contributed by atoms with van der Waals surface area (Å²) in [5.41, 5.74) is 0.359. The maximum atomic E-state index is 13.1. The van der Waals surface area contributed by atoms with Crippen LogP contribution in [0.1, 0.15) is 43.5 Å². The molecule has 0 heterocycles. The highest BCUT2D eigenvalue weighted by atomic mass is 32.1. The van der Waals surface area contributed by atoms with Gasteiger partial charge in [-0.3, -0.25) is 0 Å². The second-order valence-corrected chi connectivity index (χ2v) is 6.09. The molecule has 0 spiro atoms. The van der Waals surface area contributed by atoms with Crippen molar-refractivity contribution in [3.8, 4) is 0 Å². The van der Waals surface area contributed by atoms with Gasteiger partial charge in [-0.1, -0.05) is 13.8 Å². The second kappa shape index (κ2) is 5.95. The van der Waals surface area contributed by atoms with Crippen LogP contribution in [0.3, 0.4) is 0 Å². The Hall–Kier alpha value is -1.03. The highest BCUT2D eigenvalue weighted by Crippen LogP contribution is 2.30. The van der Waals surface area contributed by atoms with Gasteiger partial charge in [-0.2, -0.15) is 0 Å². The van der Waals surface area contributed by atoms with Gasteiger partial charge in [0.15, 0.2) is 0 Å². The van der Waals surface area contributed by atoms with E-state index in [1.807, 2.05) is 0 Å². The Kier molecular flexibility index (Phi) is 4.50. The van der Waals surface area contributed by atoms with Crippen LogP contribution >= 0.6 is 12.6 Å². The molecule has 2 unspecified atom stereocenters. The summed E-state index contributed by atoms with van der Waals surface area (Å²) >= 11 is 3.97. The minimum atomic E-state index is -0.431. The van der Waals surface area contributed by atoms with Crippen LogP contribution in [0.4, 0.5) is 4.39 Å². The molecule has 0 aromatic heterocycles.